The monoisotopic (exact) mass is 901 g/mol. The summed E-state index contributed by atoms with van der Waals surface area (Å²) in [7, 11) is 1.69. The molecule has 7 heterocycles. The molecule has 1 saturated carbocycles. The van der Waals surface area contributed by atoms with E-state index in [0.29, 0.717) is 50.3 Å². The van der Waals surface area contributed by atoms with E-state index < -0.39 is 29.4 Å². The molecule has 0 radical (unpaired) electrons. The van der Waals surface area contributed by atoms with Crippen LogP contribution in [0.15, 0.2) is 48.2 Å². The van der Waals surface area contributed by atoms with Gasteiger partial charge in [-0.2, -0.15) is 9.94 Å². The van der Waals surface area contributed by atoms with E-state index in [4.69, 9.17) is 24.7 Å². The van der Waals surface area contributed by atoms with Gasteiger partial charge >= 0.3 is 12.0 Å². The van der Waals surface area contributed by atoms with Crippen molar-refractivity contribution in [3.63, 3.8) is 0 Å². The first-order chi connectivity index (χ1) is 31.4. The van der Waals surface area contributed by atoms with E-state index in [1.165, 1.54) is 22.7 Å². The number of ether oxygens (including phenoxy) is 2. The first kappa shape index (κ1) is 44.2. The molecule has 1 aromatic carbocycles. The summed E-state index contributed by atoms with van der Waals surface area (Å²) in [4.78, 5) is 71.9. The van der Waals surface area contributed by atoms with Crippen molar-refractivity contribution < 1.29 is 28.7 Å². The molecule has 1 aliphatic carbocycles. The third-order valence-electron chi connectivity index (χ3n) is 13.5. The van der Waals surface area contributed by atoms with Crippen molar-refractivity contribution >= 4 is 46.1 Å². The van der Waals surface area contributed by atoms with E-state index in [1.54, 1.807) is 18.2 Å². The van der Waals surface area contributed by atoms with Crippen LogP contribution in [0.3, 0.4) is 0 Å². The van der Waals surface area contributed by atoms with Gasteiger partial charge in [0.25, 0.3) is 5.91 Å². The predicted octanol–water partition coefficient (Wildman–Crippen LogP) is 5.63. The van der Waals surface area contributed by atoms with Crippen molar-refractivity contribution in [1.82, 2.24) is 50.0 Å². The van der Waals surface area contributed by atoms with Crippen LogP contribution in [0.25, 0.3) is 33.4 Å². The van der Waals surface area contributed by atoms with Crippen LogP contribution in [0.2, 0.25) is 0 Å². The van der Waals surface area contributed by atoms with Crippen LogP contribution in [0, 0.1) is 28.6 Å². The fraction of sp³-hybridized carbons (Fsp3) is 0.511. The molecule has 18 heteroatoms. The van der Waals surface area contributed by atoms with Crippen LogP contribution in [0.5, 0.6) is 0 Å². The van der Waals surface area contributed by atoms with Crippen molar-refractivity contribution in [1.29, 1.82) is 5.26 Å². The quantitative estimate of drug-likeness (QED) is 0.191. The number of methoxy groups -OCH3 is 1. The highest BCUT2D eigenvalue weighted by Gasteiger charge is 2.51. The summed E-state index contributed by atoms with van der Waals surface area (Å²) in [6.07, 6.45) is 6.75. The summed E-state index contributed by atoms with van der Waals surface area (Å²) < 4.78 is 15.4. The van der Waals surface area contributed by atoms with Crippen molar-refractivity contribution in [2.45, 2.75) is 110 Å². The number of nitrogens with zero attached hydrogens (tertiary/aromatic N) is 9. The number of nitrogens with one attached hydrogen (secondary N) is 2. The van der Waals surface area contributed by atoms with Gasteiger partial charge in [0.1, 0.15) is 18.4 Å². The Morgan fingerprint density at radius 2 is 2.00 bits per heavy atom. The molecule has 65 heavy (non-hydrogen) atoms. The number of carbonyl (C=O) groups excluding carboxylic acids is 4. The molecule has 6 bridgehead atoms. The Morgan fingerprint density at radius 3 is 2.80 bits per heavy atom. The van der Waals surface area contributed by atoms with Gasteiger partial charge in [-0.15, -0.1) is 16.4 Å². The molecule has 340 valence electrons. The number of fused-ring (bicyclic) bond motifs is 7. The fourth-order valence-corrected chi connectivity index (χ4v) is 11.0. The summed E-state index contributed by atoms with van der Waals surface area (Å²) in [5, 5.41) is 21.5. The van der Waals surface area contributed by atoms with Crippen LogP contribution < -0.4 is 10.7 Å². The van der Waals surface area contributed by atoms with Gasteiger partial charge in [0.15, 0.2) is 5.82 Å². The lowest BCUT2D eigenvalue weighted by atomic mass is 9.69. The molecule has 9 rings (SSSR count). The molecule has 0 spiro atoms. The third-order valence-corrected chi connectivity index (χ3v) is 14.4. The number of aryl methyl sites for hydroxylation is 1. The van der Waals surface area contributed by atoms with Gasteiger partial charge in [0.2, 0.25) is 5.91 Å². The number of amides is 3. The Bertz CT molecular complexity index is 2680. The average molecular weight is 902 g/mol. The van der Waals surface area contributed by atoms with Crippen molar-refractivity contribution in [3.05, 3.63) is 70.3 Å². The minimum atomic E-state index is -0.980. The number of hydrogen-bond acceptors (Lipinski definition) is 13. The number of esters is 1. The number of hydrogen-bond donors (Lipinski definition) is 2. The lowest BCUT2D eigenvalue weighted by Crippen LogP contribution is -2.66. The van der Waals surface area contributed by atoms with Crippen molar-refractivity contribution in [2.75, 3.05) is 26.8 Å². The lowest BCUT2D eigenvalue weighted by molar-refractivity contribution is -0.155. The standard InChI is InChI=1S/C47H55N11O6S/c1-6-55-38-15-14-28-20-31(38)32(42(55)30-11-8-18-49-41(30)27(2)63-5)22-47(3,4)25-64-45(61)34-12-9-19-57(53-34)44(60)35(21-40-51-36(28)24-65-40)52-43(59)29-10-7-13-37-33(29)23-56(37)46(62)58-26-50-39(54-58)16-17-48/h8,11,14-15,18,20,24,26-27,29,33-35,37,53H,6-7,9-10,12-13,16,19,21-23,25H2,1-5H3,(H,52,59)/t27-,29?,33?,34-,35-,37?/m0/s1. The van der Waals surface area contributed by atoms with E-state index in [0.717, 1.165) is 62.2 Å². The number of cyclic esters (lactones) is 1. The number of likely N-dealkylation sites (tertiary alicyclic amines) is 1. The molecule has 2 saturated heterocycles. The van der Waals surface area contributed by atoms with Crippen molar-refractivity contribution in [2.24, 2.45) is 17.3 Å². The van der Waals surface area contributed by atoms with Crippen LogP contribution in [0.1, 0.15) is 88.0 Å². The summed E-state index contributed by atoms with van der Waals surface area (Å²) in [5.74, 6) is -1.28. The van der Waals surface area contributed by atoms with Crippen LogP contribution in [0.4, 0.5) is 4.79 Å². The minimum absolute atomic E-state index is 0.00151. The molecule has 6 atom stereocenters. The smallest absolute Gasteiger partial charge is 0.346 e. The molecule has 3 aliphatic heterocycles. The highest BCUT2D eigenvalue weighted by Crippen LogP contribution is 2.43. The van der Waals surface area contributed by atoms with Gasteiger partial charge in [0.05, 0.1) is 47.3 Å². The topological polar surface area (TPSA) is 202 Å². The molecule has 3 fully saturated rings. The number of thiazole rings is 1. The van der Waals surface area contributed by atoms with Gasteiger partial charge in [-0.1, -0.05) is 26.3 Å². The number of nitriles is 1. The summed E-state index contributed by atoms with van der Waals surface area (Å²) in [6, 6.07) is 10.2. The summed E-state index contributed by atoms with van der Waals surface area (Å²) in [5.41, 5.74) is 9.39. The van der Waals surface area contributed by atoms with E-state index in [1.807, 2.05) is 24.4 Å². The number of carbonyl (C=O) groups is 4. The Kier molecular flexibility index (Phi) is 12.3. The van der Waals surface area contributed by atoms with Crippen LogP contribution in [-0.4, -0.2) is 108 Å². The number of benzene rings is 1. The largest absolute Gasteiger partial charge is 0.464 e. The second-order valence-corrected chi connectivity index (χ2v) is 19.4. The normalized spacial score (nSPS) is 23.7. The van der Waals surface area contributed by atoms with Gasteiger partial charge in [-0.25, -0.2) is 20.2 Å². The highest BCUT2D eigenvalue weighted by atomic mass is 32.1. The maximum atomic E-state index is 14.6. The predicted molar refractivity (Wildman–Crippen MR) is 241 cm³/mol. The Labute approximate surface area is 381 Å². The van der Waals surface area contributed by atoms with E-state index in [9.17, 15) is 19.2 Å². The van der Waals surface area contributed by atoms with Gasteiger partial charge in [0, 0.05) is 90.1 Å². The SMILES string of the molecule is CCn1c(-c2cccnc2[C@H](C)OC)c2c3cc(ccc31)-c1csc(n1)C[C@H](NC(=O)C1CCCC3C1CN3C(=O)n1cnc(CC#N)n1)C(=O)N1CCC[C@H](N1)C(=O)OCC(C)(C)C2. The number of hydrazine groups is 1. The molecule has 5 aromatic rings. The maximum Gasteiger partial charge on any atom is 0.346 e. The summed E-state index contributed by atoms with van der Waals surface area (Å²) >= 11 is 1.44. The molecule has 2 N–H and O–H groups in total. The number of rotatable bonds is 7. The molecule has 3 unspecified atom stereocenters. The Balaban J connectivity index is 1.04. The third kappa shape index (κ3) is 8.52. The van der Waals surface area contributed by atoms with Crippen molar-refractivity contribution in [3.8, 4) is 28.6 Å². The van der Waals surface area contributed by atoms with Gasteiger partial charge in [-0.05, 0) is 75.8 Å². The van der Waals surface area contributed by atoms with Gasteiger partial charge < -0.3 is 24.3 Å². The Morgan fingerprint density at radius 1 is 1.15 bits per heavy atom. The van der Waals surface area contributed by atoms with E-state index in [2.05, 4.69) is 70.4 Å². The van der Waals surface area contributed by atoms with E-state index in [-0.39, 0.29) is 61.2 Å². The average Bonchev–Trinajstić information content (AvgIpc) is 4.05. The number of pyridine rings is 1. The zero-order valence-corrected chi connectivity index (χ0v) is 38.3. The fourth-order valence-electron chi connectivity index (χ4n) is 10.2. The molecule has 4 aromatic heterocycles. The lowest BCUT2D eigenvalue weighted by Gasteiger charge is -2.53. The molecule has 4 aliphatic rings. The first-order valence-corrected chi connectivity index (χ1v) is 23.5. The molecular formula is C47H55N11O6S. The summed E-state index contributed by atoms with van der Waals surface area (Å²) in [6.45, 7) is 9.90. The molecule has 17 nitrogen and oxygen atoms in total. The zero-order valence-electron chi connectivity index (χ0n) is 37.5. The number of aromatic nitrogens is 6. The maximum absolute atomic E-state index is 14.6. The highest BCUT2D eigenvalue weighted by molar-refractivity contribution is 7.10. The molecular weight excluding hydrogens is 847 g/mol. The zero-order chi connectivity index (χ0) is 45.6. The van der Waals surface area contributed by atoms with Crippen LogP contribution in [-0.2, 0) is 49.7 Å². The minimum Gasteiger partial charge on any atom is -0.464 e. The van der Waals surface area contributed by atoms with Crippen LogP contribution >= 0.6 is 11.3 Å². The Hall–Kier alpha value is -6.03. The second kappa shape index (κ2) is 18.1. The van der Waals surface area contributed by atoms with E-state index >= 15 is 0 Å². The second-order valence-electron chi connectivity index (χ2n) is 18.4. The first-order valence-electron chi connectivity index (χ1n) is 22.6. The van der Waals surface area contributed by atoms with Gasteiger partial charge in [-0.3, -0.25) is 24.4 Å². The molecule has 3 amide bonds.